The predicted octanol–water partition coefficient (Wildman–Crippen LogP) is 1.12. The van der Waals surface area contributed by atoms with E-state index in [4.69, 9.17) is 9.47 Å². The topological polar surface area (TPSA) is 76.7 Å². The number of sulfonamides is 1. The quantitative estimate of drug-likeness (QED) is 0.852. The largest absolute Gasteiger partial charge is 0.497 e. The molecule has 0 aromatic heterocycles. The van der Waals surface area contributed by atoms with Crippen molar-refractivity contribution in [1.82, 2.24) is 10.0 Å². The van der Waals surface area contributed by atoms with Crippen LogP contribution in [0.15, 0.2) is 23.1 Å². The van der Waals surface area contributed by atoms with Crippen molar-refractivity contribution in [3.8, 4) is 11.5 Å². The van der Waals surface area contributed by atoms with Crippen LogP contribution in [0.5, 0.6) is 11.5 Å². The standard InChI is InChI=1S/C14H22N2O4S/c1-10-14(5-4-6-15-10)16-21(17,18)13-8-11(19-2)7-12(9-13)20-3/h7-10,14-16H,4-6H2,1-3H3. The SMILES string of the molecule is COc1cc(OC)cc(S(=O)(=O)NC2CCCNC2C)c1. The van der Waals surface area contributed by atoms with Crippen LogP contribution in [0.4, 0.5) is 0 Å². The number of rotatable bonds is 5. The third-order valence-electron chi connectivity index (χ3n) is 3.70. The number of methoxy groups -OCH3 is 2. The molecular weight excluding hydrogens is 292 g/mol. The first-order valence-corrected chi connectivity index (χ1v) is 8.43. The molecule has 2 unspecified atom stereocenters. The summed E-state index contributed by atoms with van der Waals surface area (Å²) in [6.07, 6.45) is 1.79. The van der Waals surface area contributed by atoms with Crippen molar-refractivity contribution >= 4 is 10.0 Å². The molecule has 7 heteroatoms. The van der Waals surface area contributed by atoms with E-state index in [0.717, 1.165) is 19.4 Å². The molecule has 0 bridgehead atoms. The van der Waals surface area contributed by atoms with Gasteiger partial charge in [-0.2, -0.15) is 0 Å². The van der Waals surface area contributed by atoms with E-state index >= 15 is 0 Å². The molecule has 2 atom stereocenters. The van der Waals surface area contributed by atoms with Crippen molar-refractivity contribution < 1.29 is 17.9 Å². The van der Waals surface area contributed by atoms with Gasteiger partial charge >= 0.3 is 0 Å². The first kappa shape index (κ1) is 16.1. The molecule has 0 spiro atoms. The third-order valence-corrected chi connectivity index (χ3v) is 5.17. The lowest BCUT2D eigenvalue weighted by Crippen LogP contribution is -2.51. The molecule has 0 saturated carbocycles. The molecule has 1 heterocycles. The summed E-state index contributed by atoms with van der Waals surface area (Å²) in [4.78, 5) is 0.150. The fourth-order valence-electron chi connectivity index (χ4n) is 2.41. The molecule has 1 saturated heterocycles. The minimum Gasteiger partial charge on any atom is -0.497 e. The van der Waals surface area contributed by atoms with Gasteiger partial charge < -0.3 is 14.8 Å². The molecule has 21 heavy (non-hydrogen) atoms. The Morgan fingerprint density at radius 1 is 1.19 bits per heavy atom. The summed E-state index contributed by atoms with van der Waals surface area (Å²) < 4.78 is 38.1. The molecule has 0 radical (unpaired) electrons. The van der Waals surface area contributed by atoms with E-state index in [1.165, 1.54) is 26.4 Å². The van der Waals surface area contributed by atoms with Crippen LogP contribution < -0.4 is 19.5 Å². The van der Waals surface area contributed by atoms with Crippen LogP contribution in [-0.4, -0.2) is 41.3 Å². The Morgan fingerprint density at radius 3 is 2.33 bits per heavy atom. The van der Waals surface area contributed by atoms with E-state index in [1.807, 2.05) is 6.92 Å². The van der Waals surface area contributed by atoms with Gasteiger partial charge in [0.25, 0.3) is 0 Å². The fraction of sp³-hybridized carbons (Fsp3) is 0.571. The average Bonchev–Trinajstić information content (AvgIpc) is 2.48. The monoisotopic (exact) mass is 314 g/mol. The Balaban J connectivity index is 2.26. The third kappa shape index (κ3) is 3.87. The van der Waals surface area contributed by atoms with E-state index in [0.29, 0.717) is 11.5 Å². The lowest BCUT2D eigenvalue weighted by molar-refractivity contribution is 0.348. The molecule has 2 N–H and O–H groups in total. The molecule has 6 nitrogen and oxygen atoms in total. The van der Waals surface area contributed by atoms with Gasteiger partial charge in [-0.3, -0.25) is 0 Å². The molecule has 1 aliphatic heterocycles. The van der Waals surface area contributed by atoms with Crippen molar-refractivity contribution in [2.75, 3.05) is 20.8 Å². The Bertz CT molecular complexity index is 566. The van der Waals surface area contributed by atoms with E-state index in [1.54, 1.807) is 6.07 Å². The zero-order valence-electron chi connectivity index (χ0n) is 12.5. The Kier molecular flexibility index (Phi) is 5.08. The molecule has 0 amide bonds. The smallest absolute Gasteiger partial charge is 0.241 e. The number of benzene rings is 1. The van der Waals surface area contributed by atoms with Crippen LogP contribution in [0.3, 0.4) is 0 Å². The van der Waals surface area contributed by atoms with E-state index in [2.05, 4.69) is 10.0 Å². The van der Waals surface area contributed by atoms with Crippen LogP contribution >= 0.6 is 0 Å². The summed E-state index contributed by atoms with van der Waals surface area (Å²) in [5, 5.41) is 3.27. The van der Waals surface area contributed by atoms with Gasteiger partial charge in [0, 0.05) is 30.3 Å². The zero-order chi connectivity index (χ0) is 15.5. The summed E-state index contributed by atoms with van der Waals surface area (Å²) in [7, 11) is -0.624. The fourth-order valence-corrected chi connectivity index (χ4v) is 3.81. The van der Waals surface area contributed by atoms with Gasteiger partial charge in [-0.1, -0.05) is 0 Å². The predicted molar refractivity (Wildman–Crippen MR) is 80.4 cm³/mol. The maximum Gasteiger partial charge on any atom is 0.241 e. The van der Waals surface area contributed by atoms with E-state index < -0.39 is 10.0 Å². The van der Waals surface area contributed by atoms with Crippen LogP contribution in [-0.2, 0) is 10.0 Å². The summed E-state index contributed by atoms with van der Waals surface area (Å²) in [5.41, 5.74) is 0. The van der Waals surface area contributed by atoms with Gasteiger partial charge in [0.05, 0.1) is 19.1 Å². The highest BCUT2D eigenvalue weighted by molar-refractivity contribution is 7.89. The van der Waals surface area contributed by atoms with Crippen molar-refractivity contribution in [2.45, 2.75) is 36.7 Å². The molecule has 1 aliphatic rings. The van der Waals surface area contributed by atoms with Gasteiger partial charge in [-0.25, -0.2) is 13.1 Å². The number of hydrogen-bond acceptors (Lipinski definition) is 5. The van der Waals surface area contributed by atoms with Crippen LogP contribution in [0, 0.1) is 0 Å². The summed E-state index contributed by atoms with van der Waals surface area (Å²) in [5.74, 6) is 0.897. The van der Waals surface area contributed by atoms with Crippen molar-refractivity contribution in [3.05, 3.63) is 18.2 Å². The highest BCUT2D eigenvalue weighted by atomic mass is 32.2. The van der Waals surface area contributed by atoms with E-state index in [9.17, 15) is 8.42 Å². The lowest BCUT2D eigenvalue weighted by atomic mass is 10.0. The lowest BCUT2D eigenvalue weighted by Gasteiger charge is -2.30. The molecule has 1 aromatic carbocycles. The minimum atomic E-state index is -3.61. The van der Waals surface area contributed by atoms with Gasteiger partial charge in [-0.15, -0.1) is 0 Å². The van der Waals surface area contributed by atoms with Crippen LogP contribution in [0.25, 0.3) is 0 Å². The molecule has 1 fully saturated rings. The summed E-state index contributed by atoms with van der Waals surface area (Å²) in [6, 6.07) is 4.63. The Hall–Kier alpha value is -1.31. The normalized spacial score (nSPS) is 22.8. The maximum absolute atomic E-state index is 12.5. The average molecular weight is 314 g/mol. The first-order chi connectivity index (χ1) is 9.96. The maximum atomic E-state index is 12.5. The van der Waals surface area contributed by atoms with Gasteiger partial charge in [0.2, 0.25) is 10.0 Å². The number of ether oxygens (including phenoxy) is 2. The number of piperidine rings is 1. The zero-order valence-corrected chi connectivity index (χ0v) is 13.4. The number of nitrogens with one attached hydrogen (secondary N) is 2. The van der Waals surface area contributed by atoms with Crippen LogP contribution in [0.1, 0.15) is 19.8 Å². The molecule has 118 valence electrons. The highest BCUT2D eigenvalue weighted by Gasteiger charge is 2.27. The van der Waals surface area contributed by atoms with Gasteiger partial charge in [-0.05, 0) is 26.3 Å². The van der Waals surface area contributed by atoms with Crippen molar-refractivity contribution in [2.24, 2.45) is 0 Å². The number of hydrogen-bond donors (Lipinski definition) is 2. The molecule has 1 aromatic rings. The van der Waals surface area contributed by atoms with Crippen LogP contribution in [0.2, 0.25) is 0 Å². The minimum absolute atomic E-state index is 0.110. The highest BCUT2D eigenvalue weighted by Crippen LogP contribution is 2.26. The molecule has 0 aliphatic carbocycles. The van der Waals surface area contributed by atoms with Crippen molar-refractivity contribution in [3.63, 3.8) is 0 Å². The Morgan fingerprint density at radius 2 is 1.81 bits per heavy atom. The second-order valence-corrected chi connectivity index (χ2v) is 6.88. The summed E-state index contributed by atoms with van der Waals surface area (Å²) >= 11 is 0. The molecular formula is C14H22N2O4S. The first-order valence-electron chi connectivity index (χ1n) is 6.95. The van der Waals surface area contributed by atoms with Gasteiger partial charge in [0.15, 0.2) is 0 Å². The Labute approximate surface area is 125 Å². The molecule has 2 rings (SSSR count). The van der Waals surface area contributed by atoms with E-state index in [-0.39, 0.29) is 17.0 Å². The summed E-state index contributed by atoms with van der Waals surface area (Å²) in [6.45, 7) is 2.91. The van der Waals surface area contributed by atoms with Crippen molar-refractivity contribution in [1.29, 1.82) is 0 Å². The second-order valence-electron chi connectivity index (χ2n) is 5.16. The second kappa shape index (κ2) is 6.64. The van der Waals surface area contributed by atoms with Gasteiger partial charge in [0.1, 0.15) is 11.5 Å².